The van der Waals surface area contributed by atoms with Crippen LogP contribution >= 0.6 is 0 Å². The third kappa shape index (κ3) is 6.59. The van der Waals surface area contributed by atoms with Crippen molar-refractivity contribution in [2.24, 2.45) is 11.8 Å². The van der Waals surface area contributed by atoms with Crippen molar-refractivity contribution in [3.8, 4) is 11.8 Å². The maximum atomic E-state index is 4.81. The minimum absolute atomic E-state index is 0.221. The number of nitrogens with two attached hydrogens (primary N) is 1. The number of hydrogen-bond donors (Lipinski definition) is 1. The van der Waals surface area contributed by atoms with Crippen LogP contribution in [-0.4, -0.2) is 6.10 Å². The molecular weight excluding hydrogens is 166 g/mol. The Bertz CT molecular complexity index is 169. The summed E-state index contributed by atoms with van der Waals surface area (Å²) in [6, 6.07) is 0. The summed E-state index contributed by atoms with van der Waals surface area (Å²) < 4.78 is 0. The molecule has 0 saturated carbocycles. The maximum Gasteiger partial charge on any atom is 0.157 e. The normalized spacial score (nSPS) is 12.4. The summed E-state index contributed by atoms with van der Waals surface area (Å²) in [4.78, 5) is 8.91. The van der Waals surface area contributed by atoms with E-state index < -0.39 is 0 Å². The molecule has 1 unspecified atom stereocenters. The van der Waals surface area contributed by atoms with Crippen LogP contribution in [0.4, 0.5) is 0 Å². The Morgan fingerprint density at radius 2 is 2.08 bits per heavy atom. The van der Waals surface area contributed by atoms with E-state index in [1.165, 1.54) is 0 Å². The molecule has 0 aromatic rings. The summed E-state index contributed by atoms with van der Waals surface area (Å²) >= 11 is 0. The first-order valence-electron chi connectivity index (χ1n) is 4.73. The largest absolute Gasteiger partial charge is 0.202 e. The van der Waals surface area contributed by atoms with Gasteiger partial charge in [-0.2, -0.15) is 5.90 Å². The molecule has 0 heterocycles. The zero-order valence-corrected chi connectivity index (χ0v) is 8.67. The quantitative estimate of drug-likeness (QED) is 0.308. The fraction of sp³-hybridized carbons (Fsp3) is 0.800. The third-order valence-corrected chi connectivity index (χ3v) is 1.66. The van der Waals surface area contributed by atoms with E-state index in [-0.39, 0.29) is 12.0 Å². The van der Waals surface area contributed by atoms with Crippen molar-refractivity contribution in [1.82, 2.24) is 0 Å². The second-order valence-electron chi connectivity index (χ2n) is 3.28. The van der Waals surface area contributed by atoms with Crippen LogP contribution in [0.15, 0.2) is 0 Å². The van der Waals surface area contributed by atoms with Crippen molar-refractivity contribution in [1.29, 1.82) is 0 Å². The highest BCUT2D eigenvalue weighted by Crippen LogP contribution is 2.05. The number of rotatable bonds is 5. The maximum absolute atomic E-state index is 4.81. The minimum Gasteiger partial charge on any atom is -0.202 e. The first kappa shape index (κ1) is 12.4. The Morgan fingerprint density at radius 1 is 1.38 bits per heavy atom. The molecule has 0 saturated heterocycles. The average molecular weight is 185 g/mol. The lowest BCUT2D eigenvalue weighted by Crippen LogP contribution is -2.19. The van der Waals surface area contributed by atoms with E-state index in [2.05, 4.69) is 23.8 Å². The van der Waals surface area contributed by atoms with Gasteiger partial charge in [-0.05, 0) is 12.3 Å². The van der Waals surface area contributed by atoms with E-state index >= 15 is 0 Å². The minimum atomic E-state index is -0.221. The second kappa shape index (κ2) is 8.06. The van der Waals surface area contributed by atoms with Crippen LogP contribution in [0.3, 0.4) is 0 Å². The summed E-state index contributed by atoms with van der Waals surface area (Å²) in [5.41, 5.74) is 0. The first-order chi connectivity index (χ1) is 6.22. The fourth-order valence-corrected chi connectivity index (χ4v) is 0.800. The molecule has 0 aliphatic rings. The Hall–Kier alpha value is -0.560. The molecule has 0 rings (SSSR count). The molecule has 0 aromatic carbocycles. The zero-order valence-electron chi connectivity index (χ0n) is 8.67. The Morgan fingerprint density at radius 3 is 2.54 bits per heavy atom. The van der Waals surface area contributed by atoms with Crippen LogP contribution < -0.4 is 5.90 Å². The van der Waals surface area contributed by atoms with Gasteiger partial charge in [0.2, 0.25) is 0 Å². The van der Waals surface area contributed by atoms with Gasteiger partial charge in [0.05, 0.1) is 0 Å². The van der Waals surface area contributed by atoms with Gasteiger partial charge in [-0.3, -0.25) is 0 Å². The third-order valence-electron chi connectivity index (χ3n) is 1.66. The van der Waals surface area contributed by atoms with Gasteiger partial charge in [0.25, 0.3) is 0 Å². The first-order valence-corrected chi connectivity index (χ1v) is 4.73. The van der Waals surface area contributed by atoms with Crippen LogP contribution in [0.2, 0.25) is 0 Å². The molecule has 0 fully saturated rings. The van der Waals surface area contributed by atoms with E-state index in [0.717, 1.165) is 19.3 Å². The molecule has 0 spiro atoms. The summed E-state index contributed by atoms with van der Waals surface area (Å²) in [5.74, 6) is 11.1. The van der Waals surface area contributed by atoms with Crippen LogP contribution in [0, 0.1) is 17.8 Å². The van der Waals surface area contributed by atoms with Gasteiger partial charge >= 0.3 is 0 Å². The predicted molar refractivity (Wildman–Crippen MR) is 52.3 cm³/mol. The van der Waals surface area contributed by atoms with Crippen LogP contribution in [0.25, 0.3) is 0 Å². The highest BCUT2D eigenvalue weighted by molar-refractivity contribution is 5.05. The molecule has 0 bridgehead atoms. The molecule has 1 atom stereocenters. The van der Waals surface area contributed by atoms with Gasteiger partial charge in [-0.25, -0.2) is 4.89 Å². The number of hydrogen-bond acceptors (Lipinski definition) is 3. The van der Waals surface area contributed by atoms with Crippen molar-refractivity contribution >= 4 is 0 Å². The highest BCUT2D eigenvalue weighted by Gasteiger charge is 2.10. The van der Waals surface area contributed by atoms with Crippen LogP contribution in [0.5, 0.6) is 0 Å². The molecule has 76 valence electrons. The van der Waals surface area contributed by atoms with E-state index in [0.29, 0.717) is 0 Å². The van der Waals surface area contributed by atoms with Crippen molar-refractivity contribution in [3.63, 3.8) is 0 Å². The Balaban J connectivity index is 3.83. The molecule has 3 nitrogen and oxygen atoms in total. The zero-order chi connectivity index (χ0) is 10.1. The molecule has 0 radical (unpaired) electrons. The van der Waals surface area contributed by atoms with Crippen molar-refractivity contribution in [2.75, 3.05) is 0 Å². The van der Waals surface area contributed by atoms with E-state index in [4.69, 9.17) is 10.8 Å². The van der Waals surface area contributed by atoms with Crippen molar-refractivity contribution in [3.05, 3.63) is 0 Å². The summed E-state index contributed by atoms with van der Waals surface area (Å²) in [5, 5.41) is 0. The van der Waals surface area contributed by atoms with Gasteiger partial charge in [0, 0.05) is 6.42 Å². The van der Waals surface area contributed by atoms with Gasteiger partial charge in [-0.1, -0.05) is 33.1 Å². The van der Waals surface area contributed by atoms with Crippen LogP contribution in [0.1, 0.15) is 40.0 Å². The molecule has 3 heteroatoms. The molecule has 13 heavy (non-hydrogen) atoms. The van der Waals surface area contributed by atoms with Gasteiger partial charge < -0.3 is 0 Å². The molecule has 0 aliphatic heterocycles. The lowest BCUT2D eigenvalue weighted by molar-refractivity contribution is -0.323. The standard InChI is InChI=1S/C10H19NO2/c1-4-5-6-7-8-10(9(2)3)12-13-11/h9-10H,4-6,11H2,1-3H3. The van der Waals surface area contributed by atoms with Crippen molar-refractivity contribution < 1.29 is 9.88 Å². The number of unbranched alkanes of at least 4 members (excludes halogenated alkanes) is 2. The predicted octanol–water partition coefficient (Wildman–Crippen LogP) is 2.03. The molecule has 2 N–H and O–H groups in total. The fourth-order valence-electron chi connectivity index (χ4n) is 0.800. The molecule has 0 aromatic heterocycles. The van der Waals surface area contributed by atoms with E-state index in [1.54, 1.807) is 0 Å². The summed E-state index contributed by atoms with van der Waals surface area (Å²) in [6.07, 6.45) is 2.98. The summed E-state index contributed by atoms with van der Waals surface area (Å²) in [6.45, 7) is 6.16. The van der Waals surface area contributed by atoms with Gasteiger partial charge in [-0.15, -0.1) is 10.9 Å². The SMILES string of the molecule is CCCCC#CC(OON)C(C)C. The van der Waals surface area contributed by atoms with Crippen LogP contribution in [-0.2, 0) is 9.88 Å². The second-order valence-corrected chi connectivity index (χ2v) is 3.28. The monoisotopic (exact) mass is 185 g/mol. The van der Waals surface area contributed by atoms with Gasteiger partial charge in [0.15, 0.2) is 6.10 Å². The lowest BCUT2D eigenvalue weighted by Gasteiger charge is -2.11. The molecular formula is C10H19NO2. The highest BCUT2D eigenvalue weighted by atomic mass is 17.3. The molecule has 0 aliphatic carbocycles. The van der Waals surface area contributed by atoms with Crippen molar-refractivity contribution in [2.45, 2.75) is 46.1 Å². The average Bonchev–Trinajstić information content (AvgIpc) is 2.10. The van der Waals surface area contributed by atoms with E-state index in [9.17, 15) is 0 Å². The lowest BCUT2D eigenvalue weighted by atomic mass is 10.1. The van der Waals surface area contributed by atoms with Gasteiger partial charge in [0.1, 0.15) is 0 Å². The Labute approximate surface area is 80.5 Å². The Kier molecular flexibility index (Phi) is 7.71. The topological polar surface area (TPSA) is 44.5 Å². The molecule has 0 amide bonds. The summed E-state index contributed by atoms with van der Waals surface area (Å²) in [7, 11) is 0. The van der Waals surface area contributed by atoms with E-state index in [1.807, 2.05) is 13.8 Å². The smallest absolute Gasteiger partial charge is 0.157 e.